The molecule has 0 bridgehead atoms. The first-order valence-electron chi connectivity index (χ1n) is 10.1. The van der Waals surface area contributed by atoms with Crippen LogP contribution in [0.5, 0.6) is 0 Å². The number of benzene rings is 1. The molecule has 7 nitrogen and oxygen atoms in total. The number of thioether (sulfide) groups is 1. The summed E-state index contributed by atoms with van der Waals surface area (Å²) in [6.07, 6.45) is 2.17. The van der Waals surface area contributed by atoms with E-state index in [-0.39, 0.29) is 23.9 Å². The molecular formula is C21H31N3O4S. The van der Waals surface area contributed by atoms with E-state index in [2.05, 4.69) is 10.6 Å². The molecule has 2 N–H and O–H groups in total. The van der Waals surface area contributed by atoms with Crippen molar-refractivity contribution in [3.63, 3.8) is 0 Å². The fraction of sp³-hybridized carbons (Fsp3) is 0.571. The number of piperidine rings is 1. The Morgan fingerprint density at radius 1 is 1.14 bits per heavy atom. The first kappa shape index (κ1) is 23.1. The average molecular weight is 422 g/mol. The van der Waals surface area contributed by atoms with E-state index in [9.17, 15) is 14.4 Å². The van der Waals surface area contributed by atoms with E-state index in [4.69, 9.17) is 4.74 Å². The van der Waals surface area contributed by atoms with E-state index < -0.39 is 0 Å². The molecule has 1 aromatic carbocycles. The fourth-order valence-electron chi connectivity index (χ4n) is 3.03. The molecule has 1 aromatic rings. The standard InChI is InChI=1S/C21H31N3O4S/c1-3-28-21(27)24-13-10-17(11-14-24)23-19(25)5-4-12-22-20(26)15-29-18-8-6-16(2)7-9-18/h6-9,17H,3-5,10-15H2,1-2H3,(H,22,26)(H,23,25). The lowest BCUT2D eigenvalue weighted by atomic mass is 10.1. The summed E-state index contributed by atoms with van der Waals surface area (Å²) in [6, 6.07) is 8.16. The van der Waals surface area contributed by atoms with Gasteiger partial charge in [-0.05, 0) is 45.2 Å². The van der Waals surface area contributed by atoms with Crippen LogP contribution >= 0.6 is 11.8 Å². The first-order valence-corrected chi connectivity index (χ1v) is 11.1. The van der Waals surface area contributed by atoms with Crippen LogP contribution in [0.15, 0.2) is 29.2 Å². The molecule has 0 saturated carbocycles. The van der Waals surface area contributed by atoms with Crippen LogP contribution in [0.1, 0.15) is 38.2 Å². The second-order valence-corrected chi connectivity index (χ2v) is 8.13. The van der Waals surface area contributed by atoms with E-state index in [1.165, 1.54) is 17.3 Å². The third-order valence-corrected chi connectivity index (χ3v) is 5.69. The van der Waals surface area contributed by atoms with E-state index in [0.29, 0.717) is 44.8 Å². The molecule has 1 fully saturated rings. The van der Waals surface area contributed by atoms with Gasteiger partial charge in [0.1, 0.15) is 0 Å². The minimum atomic E-state index is -0.284. The van der Waals surface area contributed by atoms with Gasteiger partial charge in [-0.15, -0.1) is 11.8 Å². The quantitative estimate of drug-likeness (QED) is 0.473. The molecule has 0 radical (unpaired) electrons. The van der Waals surface area contributed by atoms with E-state index in [1.54, 1.807) is 11.8 Å². The van der Waals surface area contributed by atoms with Gasteiger partial charge in [-0.25, -0.2) is 4.79 Å². The predicted molar refractivity (Wildman–Crippen MR) is 114 cm³/mol. The molecule has 29 heavy (non-hydrogen) atoms. The number of hydrogen-bond donors (Lipinski definition) is 2. The number of hydrogen-bond acceptors (Lipinski definition) is 5. The minimum absolute atomic E-state index is 0.0112. The molecule has 8 heteroatoms. The van der Waals surface area contributed by atoms with Crippen molar-refractivity contribution in [2.75, 3.05) is 32.0 Å². The van der Waals surface area contributed by atoms with Crippen molar-refractivity contribution in [1.29, 1.82) is 0 Å². The number of rotatable bonds is 9. The molecule has 1 heterocycles. The maximum absolute atomic E-state index is 12.1. The van der Waals surface area contributed by atoms with Gasteiger partial charge >= 0.3 is 6.09 Å². The molecule has 0 atom stereocenters. The summed E-state index contributed by atoms with van der Waals surface area (Å²) in [7, 11) is 0. The molecule has 160 valence electrons. The van der Waals surface area contributed by atoms with Crippen molar-refractivity contribution >= 4 is 29.7 Å². The molecule has 0 aromatic heterocycles. The summed E-state index contributed by atoms with van der Waals surface area (Å²) in [6.45, 7) is 5.87. The third kappa shape index (κ3) is 8.77. The normalized spacial score (nSPS) is 14.3. The van der Waals surface area contributed by atoms with Gasteiger partial charge in [0.2, 0.25) is 11.8 Å². The number of carbonyl (C=O) groups is 3. The van der Waals surface area contributed by atoms with Crippen molar-refractivity contribution in [3.8, 4) is 0 Å². The summed E-state index contributed by atoms with van der Waals surface area (Å²) in [4.78, 5) is 38.4. The first-order chi connectivity index (χ1) is 14.0. The molecule has 3 amide bonds. The van der Waals surface area contributed by atoms with Gasteiger partial charge in [-0.2, -0.15) is 0 Å². The summed E-state index contributed by atoms with van der Waals surface area (Å²) < 4.78 is 4.99. The number of nitrogens with one attached hydrogen (secondary N) is 2. The molecule has 2 rings (SSSR count). The smallest absolute Gasteiger partial charge is 0.409 e. The van der Waals surface area contributed by atoms with Crippen molar-refractivity contribution in [3.05, 3.63) is 29.8 Å². The van der Waals surface area contributed by atoms with Crippen molar-refractivity contribution in [1.82, 2.24) is 15.5 Å². The molecule has 0 aliphatic carbocycles. The largest absolute Gasteiger partial charge is 0.450 e. The van der Waals surface area contributed by atoms with Crippen LogP contribution in [-0.2, 0) is 14.3 Å². The van der Waals surface area contributed by atoms with Gasteiger partial charge < -0.3 is 20.3 Å². The van der Waals surface area contributed by atoms with Gasteiger partial charge in [-0.1, -0.05) is 17.7 Å². The number of nitrogens with zero attached hydrogens (tertiary/aromatic N) is 1. The highest BCUT2D eigenvalue weighted by Gasteiger charge is 2.24. The molecule has 0 unspecified atom stereocenters. The van der Waals surface area contributed by atoms with Gasteiger partial charge in [0, 0.05) is 37.0 Å². The van der Waals surface area contributed by atoms with E-state index in [1.807, 2.05) is 31.2 Å². The zero-order valence-corrected chi connectivity index (χ0v) is 18.1. The Morgan fingerprint density at radius 2 is 1.83 bits per heavy atom. The summed E-state index contributed by atoms with van der Waals surface area (Å²) in [5.41, 5.74) is 1.20. The van der Waals surface area contributed by atoms with Crippen molar-refractivity contribution < 1.29 is 19.1 Å². The monoisotopic (exact) mass is 421 g/mol. The van der Waals surface area contributed by atoms with Gasteiger partial charge in [0.25, 0.3) is 0 Å². The topological polar surface area (TPSA) is 87.7 Å². The zero-order valence-electron chi connectivity index (χ0n) is 17.2. The molecule has 1 aliphatic rings. The van der Waals surface area contributed by atoms with Gasteiger partial charge in [0.15, 0.2) is 0 Å². The average Bonchev–Trinajstić information content (AvgIpc) is 2.71. The van der Waals surface area contributed by atoms with E-state index in [0.717, 1.165) is 17.7 Å². The predicted octanol–water partition coefficient (Wildman–Crippen LogP) is 2.72. The second-order valence-electron chi connectivity index (χ2n) is 7.08. The molecule has 1 aliphatic heterocycles. The van der Waals surface area contributed by atoms with Crippen LogP contribution < -0.4 is 10.6 Å². The minimum Gasteiger partial charge on any atom is -0.450 e. The SMILES string of the molecule is CCOC(=O)N1CCC(NC(=O)CCCNC(=O)CSc2ccc(C)cc2)CC1. The third-order valence-electron chi connectivity index (χ3n) is 4.68. The number of amides is 3. The molecular weight excluding hydrogens is 390 g/mol. The summed E-state index contributed by atoms with van der Waals surface area (Å²) >= 11 is 1.50. The Labute approximate surface area is 176 Å². The summed E-state index contributed by atoms with van der Waals surface area (Å²) in [5.74, 6) is 0.332. The van der Waals surface area contributed by atoms with Crippen LogP contribution in [0.2, 0.25) is 0 Å². The van der Waals surface area contributed by atoms with Crippen LogP contribution in [0.25, 0.3) is 0 Å². The Morgan fingerprint density at radius 3 is 2.48 bits per heavy atom. The van der Waals surface area contributed by atoms with Crippen molar-refractivity contribution in [2.45, 2.75) is 50.5 Å². The lowest BCUT2D eigenvalue weighted by Crippen LogP contribution is -2.46. The Bertz CT molecular complexity index is 673. The number of carbonyl (C=O) groups excluding carboxylic acids is 3. The summed E-state index contributed by atoms with van der Waals surface area (Å²) in [5, 5.41) is 5.87. The van der Waals surface area contributed by atoms with E-state index >= 15 is 0 Å². The highest BCUT2D eigenvalue weighted by molar-refractivity contribution is 8.00. The zero-order chi connectivity index (χ0) is 21.1. The number of ether oxygens (including phenoxy) is 1. The Balaban J connectivity index is 1.53. The highest BCUT2D eigenvalue weighted by Crippen LogP contribution is 2.17. The van der Waals surface area contributed by atoms with Crippen LogP contribution in [0.3, 0.4) is 0 Å². The lowest BCUT2D eigenvalue weighted by molar-refractivity contribution is -0.122. The van der Waals surface area contributed by atoms with Gasteiger partial charge in [-0.3, -0.25) is 9.59 Å². The van der Waals surface area contributed by atoms with Crippen molar-refractivity contribution in [2.24, 2.45) is 0 Å². The Hall–Kier alpha value is -2.22. The Kier molecular flexibility index (Phi) is 9.83. The maximum atomic E-state index is 12.1. The lowest BCUT2D eigenvalue weighted by Gasteiger charge is -2.31. The second kappa shape index (κ2) is 12.4. The molecule has 0 spiro atoms. The maximum Gasteiger partial charge on any atom is 0.409 e. The number of aryl methyl sites for hydroxylation is 1. The van der Waals surface area contributed by atoms with Crippen LogP contribution in [0.4, 0.5) is 4.79 Å². The highest BCUT2D eigenvalue weighted by atomic mass is 32.2. The van der Waals surface area contributed by atoms with Crippen LogP contribution in [0, 0.1) is 6.92 Å². The fourth-order valence-corrected chi connectivity index (χ4v) is 3.76. The number of likely N-dealkylation sites (tertiary alicyclic amines) is 1. The van der Waals surface area contributed by atoms with Gasteiger partial charge in [0.05, 0.1) is 12.4 Å². The molecule has 1 saturated heterocycles. The van der Waals surface area contributed by atoms with Crippen LogP contribution in [-0.4, -0.2) is 60.8 Å².